The van der Waals surface area contributed by atoms with Crippen LogP contribution in [0.15, 0.2) is 65.1 Å². The lowest BCUT2D eigenvalue weighted by Crippen LogP contribution is -2.14. The Balaban J connectivity index is 1.67. The summed E-state index contributed by atoms with van der Waals surface area (Å²) in [6, 6.07) is 18.6. The molecule has 2 aromatic heterocycles. The Kier molecular flexibility index (Phi) is 3.93. The molecule has 2 aromatic carbocycles. The number of nitrogens with zero attached hydrogens (tertiary/aromatic N) is 2. The molecule has 0 radical (unpaired) electrons. The van der Waals surface area contributed by atoms with Crippen molar-refractivity contribution in [1.82, 2.24) is 9.78 Å². The van der Waals surface area contributed by atoms with Gasteiger partial charge in [-0.3, -0.25) is 4.79 Å². The number of carbonyl (C=O) groups is 1. The number of carbonyl (C=O) groups excluding carboxylic acids is 1. The molecule has 6 nitrogen and oxygen atoms in total. The minimum Gasteiger partial charge on any atom is -0.493 e. The average Bonchev–Trinajstić information content (AvgIpc) is 3.25. The first-order valence-corrected chi connectivity index (χ1v) is 8.15. The van der Waals surface area contributed by atoms with Gasteiger partial charge in [-0.25, -0.2) is 4.68 Å². The highest BCUT2D eigenvalue weighted by molar-refractivity contribution is 6.04. The van der Waals surface area contributed by atoms with E-state index in [0.29, 0.717) is 17.2 Å². The molecule has 0 unspecified atom stereocenters. The number of para-hydroxylation sites is 2. The Labute approximate surface area is 150 Å². The lowest BCUT2D eigenvalue weighted by atomic mass is 10.2. The molecule has 2 heterocycles. The molecule has 0 fully saturated rings. The van der Waals surface area contributed by atoms with E-state index >= 15 is 0 Å². The molecule has 130 valence electrons. The van der Waals surface area contributed by atoms with Gasteiger partial charge in [-0.1, -0.05) is 30.3 Å². The molecule has 0 aliphatic heterocycles. The van der Waals surface area contributed by atoms with Crippen LogP contribution in [0.5, 0.6) is 5.75 Å². The summed E-state index contributed by atoms with van der Waals surface area (Å²) >= 11 is 0. The van der Waals surface area contributed by atoms with Crippen LogP contribution in [0.3, 0.4) is 0 Å². The number of aryl methyl sites for hydroxylation is 1. The molecule has 6 heteroatoms. The number of hydrogen-bond donors (Lipinski definition) is 1. The summed E-state index contributed by atoms with van der Waals surface area (Å²) in [4.78, 5) is 12.7. The lowest BCUT2D eigenvalue weighted by Gasteiger charge is -2.07. The number of aromatic nitrogens is 2. The third kappa shape index (κ3) is 2.82. The first kappa shape index (κ1) is 16.0. The zero-order valence-electron chi connectivity index (χ0n) is 14.4. The van der Waals surface area contributed by atoms with E-state index in [9.17, 15) is 4.79 Å². The van der Waals surface area contributed by atoms with Crippen molar-refractivity contribution in [2.45, 2.75) is 6.92 Å². The quantitative estimate of drug-likeness (QED) is 0.601. The number of ether oxygens (including phenoxy) is 1. The summed E-state index contributed by atoms with van der Waals surface area (Å²) in [5, 5.41) is 8.13. The molecule has 0 aliphatic rings. The van der Waals surface area contributed by atoms with E-state index in [1.807, 2.05) is 55.5 Å². The van der Waals surface area contributed by atoms with Gasteiger partial charge in [-0.15, -0.1) is 0 Å². The summed E-state index contributed by atoms with van der Waals surface area (Å²) in [6.07, 6.45) is 0. The van der Waals surface area contributed by atoms with Crippen LogP contribution < -0.4 is 10.1 Å². The average molecular weight is 347 g/mol. The second-order valence-electron chi connectivity index (χ2n) is 5.86. The normalized spacial score (nSPS) is 10.8. The second kappa shape index (κ2) is 6.40. The van der Waals surface area contributed by atoms with Crippen molar-refractivity contribution < 1.29 is 13.9 Å². The van der Waals surface area contributed by atoms with Crippen molar-refractivity contribution in [3.05, 3.63) is 72.1 Å². The minimum atomic E-state index is -0.347. The van der Waals surface area contributed by atoms with Gasteiger partial charge < -0.3 is 14.5 Å². The summed E-state index contributed by atoms with van der Waals surface area (Å²) in [5.74, 6) is 1.03. The van der Waals surface area contributed by atoms with Crippen LogP contribution in [0.2, 0.25) is 0 Å². The van der Waals surface area contributed by atoms with Crippen LogP contribution in [0.25, 0.3) is 16.7 Å². The maximum atomic E-state index is 12.7. The Bertz CT molecular complexity index is 1080. The molecule has 26 heavy (non-hydrogen) atoms. The van der Waals surface area contributed by atoms with Gasteiger partial charge in [0.05, 0.1) is 18.5 Å². The molecule has 0 spiro atoms. The molecule has 0 atom stereocenters. The minimum absolute atomic E-state index is 0.211. The molecule has 1 N–H and O–H groups in total. The van der Waals surface area contributed by atoms with Crippen molar-refractivity contribution in [2.75, 3.05) is 12.4 Å². The van der Waals surface area contributed by atoms with E-state index in [4.69, 9.17) is 9.15 Å². The van der Waals surface area contributed by atoms with Crippen molar-refractivity contribution in [1.29, 1.82) is 0 Å². The SMILES string of the molecule is COc1cccc2cc(C(=O)Nc3cc(C)nn3-c3ccccc3)oc12. The van der Waals surface area contributed by atoms with Crippen molar-refractivity contribution in [3.63, 3.8) is 0 Å². The van der Waals surface area contributed by atoms with Crippen LogP contribution in [0.1, 0.15) is 16.2 Å². The largest absolute Gasteiger partial charge is 0.493 e. The Hall–Kier alpha value is -3.54. The van der Waals surface area contributed by atoms with Gasteiger partial charge in [0.15, 0.2) is 17.1 Å². The smallest absolute Gasteiger partial charge is 0.292 e. The van der Waals surface area contributed by atoms with E-state index in [0.717, 1.165) is 16.8 Å². The number of hydrogen-bond acceptors (Lipinski definition) is 4. The number of benzene rings is 2. The van der Waals surface area contributed by atoms with E-state index in [-0.39, 0.29) is 11.7 Å². The van der Waals surface area contributed by atoms with Crippen LogP contribution in [-0.4, -0.2) is 22.8 Å². The van der Waals surface area contributed by atoms with Gasteiger partial charge in [0.2, 0.25) is 0 Å². The predicted octanol–water partition coefficient (Wildman–Crippen LogP) is 4.19. The molecule has 0 bridgehead atoms. The van der Waals surface area contributed by atoms with E-state index in [1.165, 1.54) is 0 Å². The summed E-state index contributed by atoms with van der Waals surface area (Å²) < 4.78 is 12.7. The summed E-state index contributed by atoms with van der Waals surface area (Å²) in [6.45, 7) is 1.88. The number of fused-ring (bicyclic) bond motifs is 1. The Morgan fingerprint density at radius 1 is 1.12 bits per heavy atom. The van der Waals surface area contributed by atoms with Crippen LogP contribution >= 0.6 is 0 Å². The number of anilines is 1. The van der Waals surface area contributed by atoms with Gasteiger partial charge in [-0.05, 0) is 31.2 Å². The fourth-order valence-electron chi connectivity index (χ4n) is 2.84. The molecule has 0 aliphatic carbocycles. The van der Waals surface area contributed by atoms with Crippen LogP contribution in [-0.2, 0) is 0 Å². The van der Waals surface area contributed by atoms with E-state index in [2.05, 4.69) is 10.4 Å². The molecule has 4 aromatic rings. The molecular formula is C20H17N3O3. The highest BCUT2D eigenvalue weighted by Gasteiger charge is 2.17. The number of furan rings is 1. The fourth-order valence-corrected chi connectivity index (χ4v) is 2.84. The first-order valence-electron chi connectivity index (χ1n) is 8.15. The fraction of sp³-hybridized carbons (Fsp3) is 0.100. The molecular weight excluding hydrogens is 330 g/mol. The summed E-state index contributed by atoms with van der Waals surface area (Å²) in [5.41, 5.74) is 2.21. The topological polar surface area (TPSA) is 69.3 Å². The predicted molar refractivity (Wildman–Crippen MR) is 99.0 cm³/mol. The number of amides is 1. The lowest BCUT2D eigenvalue weighted by molar-refractivity contribution is 0.0998. The molecule has 4 rings (SSSR count). The number of nitrogens with one attached hydrogen (secondary N) is 1. The van der Waals surface area contributed by atoms with Crippen LogP contribution in [0.4, 0.5) is 5.82 Å². The second-order valence-corrected chi connectivity index (χ2v) is 5.86. The highest BCUT2D eigenvalue weighted by atomic mass is 16.5. The number of methoxy groups -OCH3 is 1. The third-order valence-electron chi connectivity index (χ3n) is 4.03. The molecule has 0 saturated carbocycles. The molecule has 0 saturated heterocycles. The third-order valence-corrected chi connectivity index (χ3v) is 4.03. The Morgan fingerprint density at radius 2 is 1.92 bits per heavy atom. The standard InChI is InChI=1S/C20H17N3O3/c1-13-11-18(23(22-13)15-8-4-3-5-9-15)21-20(24)17-12-14-7-6-10-16(25-2)19(14)26-17/h3-12H,1-2H3,(H,21,24). The van der Waals surface area contributed by atoms with Gasteiger partial charge >= 0.3 is 0 Å². The van der Waals surface area contributed by atoms with Gasteiger partial charge in [0.1, 0.15) is 5.82 Å². The zero-order valence-corrected chi connectivity index (χ0v) is 14.4. The highest BCUT2D eigenvalue weighted by Crippen LogP contribution is 2.29. The zero-order chi connectivity index (χ0) is 18.1. The van der Waals surface area contributed by atoms with Gasteiger partial charge in [0, 0.05) is 11.5 Å². The Morgan fingerprint density at radius 3 is 2.69 bits per heavy atom. The summed E-state index contributed by atoms with van der Waals surface area (Å²) in [7, 11) is 1.57. The maximum Gasteiger partial charge on any atom is 0.292 e. The van der Waals surface area contributed by atoms with E-state index < -0.39 is 0 Å². The van der Waals surface area contributed by atoms with Gasteiger partial charge in [0.25, 0.3) is 5.91 Å². The first-order chi connectivity index (χ1) is 12.7. The van der Waals surface area contributed by atoms with E-state index in [1.54, 1.807) is 23.9 Å². The van der Waals surface area contributed by atoms with Crippen LogP contribution in [0, 0.1) is 6.92 Å². The monoisotopic (exact) mass is 347 g/mol. The van der Waals surface area contributed by atoms with Crippen molar-refractivity contribution >= 4 is 22.7 Å². The van der Waals surface area contributed by atoms with Crippen molar-refractivity contribution in [2.24, 2.45) is 0 Å². The van der Waals surface area contributed by atoms with Gasteiger partial charge in [-0.2, -0.15) is 5.10 Å². The number of rotatable bonds is 4. The molecule has 1 amide bonds. The van der Waals surface area contributed by atoms with Crippen molar-refractivity contribution in [3.8, 4) is 11.4 Å². The maximum absolute atomic E-state index is 12.7.